The minimum absolute atomic E-state index is 0.106. The van der Waals surface area contributed by atoms with Gasteiger partial charge >= 0.3 is 0 Å². The first-order valence-electron chi connectivity index (χ1n) is 4.70. The lowest BCUT2D eigenvalue weighted by atomic mass is 10.2. The molecule has 1 atom stereocenters. The first-order valence-corrected chi connectivity index (χ1v) is 4.70. The molecule has 0 aliphatic rings. The molecule has 0 aromatic carbocycles. The molecule has 1 amide bonds. The number of carbonyl (C=O) groups is 1. The number of aromatic nitrogens is 1. The van der Waals surface area contributed by atoms with Gasteiger partial charge in [-0.05, 0) is 19.1 Å². The van der Waals surface area contributed by atoms with Gasteiger partial charge in [-0.3, -0.25) is 9.78 Å². The minimum Gasteiger partial charge on any atom is -0.340 e. The van der Waals surface area contributed by atoms with Gasteiger partial charge in [0.05, 0.1) is 17.6 Å². The Morgan fingerprint density at radius 3 is 3.00 bits per heavy atom. The second-order valence-corrected chi connectivity index (χ2v) is 3.46. The zero-order valence-corrected chi connectivity index (χ0v) is 8.84. The summed E-state index contributed by atoms with van der Waals surface area (Å²) in [5, 5.41) is 8.64. The van der Waals surface area contributed by atoms with Gasteiger partial charge in [0.1, 0.15) is 0 Å². The molecule has 1 aromatic rings. The van der Waals surface area contributed by atoms with Crippen molar-refractivity contribution < 1.29 is 4.79 Å². The van der Waals surface area contributed by atoms with Crippen molar-refractivity contribution >= 4 is 5.91 Å². The molecular weight excluding hydrogens is 190 g/mol. The minimum atomic E-state index is -0.157. The summed E-state index contributed by atoms with van der Waals surface area (Å²) in [6, 6.07) is 5.52. The lowest BCUT2D eigenvalue weighted by Gasteiger charge is -2.17. The highest BCUT2D eigenvalue weighted by atomic mass is 16.2. The zero-order valence-electron chi connectivity index (χ0n) is 8.84. The van der Waals surface area contributed by atoms with Crippen LogP contribution in [0.4, 0.5) is 0 Å². The maximum Gasteiger partial charge on any atom is 0.255 e. The maximum atomic E-state index is 11.8. The van der Waals surface area contributed by atoms with E-state index in [2.05, 4.69) is 11.1 Å². The quantitative estimate of drug-likeness (QED) is 0.744. The summed E-state index contributed by atoms with van der Waals surface area (Å²) in [6.45, 7) is 2.22. The summed E-state index contributed by atoms with van der Waals surface area (Å²) in [5.41, 5.74) is 0.546. The Morgan fingerprint density at radius 2 is 2.47 bits per heavy atom. The lowest BCUT2D eigenvalue weighted by molar-refractivity contribution is 0.0784. The van der Waals surface area contributed by atoms with Crippen LogP contribution in [0.5, 0.6) is 0 Å². The molecule has 4 heteroatoms. The van der Waals surface area contributed by atoms with Crippen LogP contribution in [0.25, 0.3) is 0 Å². The molecule has 4 nitrogen and oxygen atoms in total. The molecule has 0 aliphatic heterocycles. The molecule has 1 rings (SSSR count). The second-order valence-electron chi connectivity index (χ2n) is 3.46. The number of nitriles is 1. The average Bonchev–Trinajstić information content (AvgIpc) is 2.29. The van der Waals surface area contributed by atoms with Crippen LogP contribution in [-0.4, -0.2) is 29.4 Å². The van der Waals surface area contributed by atoms with E-state index >= 15 is 0 Å². The highest BCUT2D eigenvalue weighted by Crippen LogP contribution is 2.03. The van der Waals surface area contributed by atoms with E-state index in [1.807, 2.05) is 0 Å². The fourth-order valence-corrected chi connectivity index (χ4v) is 1.24. The highest BCUT2D eigenvalue weighted by molar-refractivity contribution is 5.93. The third-order valence-electron chi connectivity index (χ3n) is 2.02. The van der Waals surface area contributed by atoms with Crippen molar-refractivity contribution in [2.45, 2.75) is 6.92 Å². The van der Waals surface area contributed by atoms with Crippen molar-refractivity contribution in [2.75, 3.05) is 13.6 Å². The van der Waals surface area contributed by atoms with E-state index < -0.39 is 0 Å². The molecule has 0 radical (unpaired) electrons. The number of nitrogens with zero attached hydrogens (tertiary/aromatic N) is 3. The fraction of sp³-hybridized carbons (Fsp3) is 0.364. The molecule has 1 unspecified atom stereocenters. The van der Waals surface area contributed by atoms with Gasteiger partial charge in [-0.1, -0.05) is 0 Å². The van der Waals surface area contributed by atoms with Crippen molar-refractivity contribution in [1.82, 2.24) is 9.88 Å². The van der Waals surface area contributed by atoms with Crippen LogP contribution in [-0.2, 0) is 0 Å². The monoisotopic (exact) mass is 203 g/mol. The Kier molecular flexibility index (Phi) is 3.81. The summed E-state index contributed by atoms with van der Waals surface area (Å²) in [6.07, 6.45) is 3.14. The SMILES string of the molecule is CC(C#N)CN(C)C(=O)c1cccnc1. The molecule has 78 valence electrons. The van der Waals surface area contributed by atoms with Crippen molar-refractivity contribution in [3.8, 4) is 6.07 Å². The molecule has 0 N–H and O–H groups in total. The molecule has 15 heavy (non-hydrogen) atoms. The summed E-state index contributed by atoms with van der Waals surface area (Å²) in [7, 11) is 1.68. The van der Waals surface area contributed by atoms with Crippen LogP contribution in [0.1, 0.15) is 17.3 Å². The average molecular weight is 203 g/mol. The smallest absolute Gasteiger partial charge is 0.255 e. The molecule has 0 saturated carbocycles. The summed E-state index contributed by atoms with van der Waals surface area (Å²) >= 11 is 0. The van der Waals surface area contributed by atoms with Crippen LogP contribution in [0.3, 0.4) is 0 Å². The first-order chi connectivity index (χ1) is 7.15. The van der Waals surface area contributed by atoms with E-state index in [9.17, 15) is 4.79 Å². The number of amides is 1. The number of hydrogen-bond donors (Lipinski definition) is 0. The van der Waals surface area contributed by atoms with Crippen LogP contribution in [0.15, 0.2) is 24.5 Å². The second kappa shape index (κ2) is 5.11. The van der Waals surface area contributed by atoms with E-state index in [4.69, 9.17) is 5.26 Å². The van der Waals surface area contributed by atoms with Gasteiger partial charge in [0.2, 0.25) is 0 Å². The summed E-state index contributed by atoms with van der Waals surface area (Å²) in [4.78, 5) is 17.2. The molecule has 0 fully saturated rings. The number of hydrogen-bond acceptors (Lipinski definition) is 3. The van der Waals surface area contributed by atoms with Crippen molar-refractivity contribution in [1.29, 1.82) is 5.26 Å². The van der Waals surface area contributed by atoms with Gasteiger partial charge in [0.25, 0.3) is 5.91 Å². The Labute approximate surface area is 89.2 Å². The van der Waals surface area contributed by atoms with Gasteiger partial charge < -0.3 is 4.90 Å². The van der Waals surface area contributed by atoms with Crippen LogP contribution in [0, 0.1) is 17.2 Å². The van der Waals surface area contributed by atoms with Gasteiger partial charge in [0, 0.05) is 26.0 Å². The lowest BCUT2D eigenvalue weighted by Crippen LogP contribution is -2.30. The fourth-order valence-electron chi connectivity index (χ4n) is 1.24. The standard InChI is InChI=1S/C11H13N3O/c1-9(6-12)8-14(2)11(15)10-4-3-5-13-7-10/h3-5,7,9H,8H2,1-2H3. The Balaban J connectivity index is 2.66. The summed E-state index contributed by atoms with van der Waals surface area (Å²) in [5.74, 6) is -0.263. The number of rotatable bonds is 3. The van der Waals surface area contributed by atoms with E-state index in [1.165, 1.54) is 11.1 Å². The van der Waals surface area contributed by atoms with E-state index in [1.54, 1.807) is 32.3 Å². The van der Waals surface area contributed by atoms with Crippen LogP contribution >= 0.6 is 0 Å². The van der Waals surface area contributed by atoms with Crippen molar-refractivity contribution in [2.24, 2.45) is 5.92 Å². The molecule has 1 heterocycles. The molecule has 1 aromatic heterocycles. The highest BCUT2D eigenvalue weighted by Gasteiger charge is 2.13. The molecule has 0 spiro atoms. The van der Waals surface area contributed by atoms with E-state index in [0.29, 0.717) is 12.1 Å². The Morgan fingerprint density at radius 1 is 1.73 bits per heavy atom. The molecule has 0 aliphatic carbocycles. The first kappa shape index (κ1) is 11.2. The Hall–Kier alpha value is -1.89. The molecular formula is C11H13N3O. The summed E-state index contributed by atoms with van der Waals surface area (Å²) < 4.78 is 0. The normalized spacial score (nSPS) is 11.5. The van der Waals surface area contributed by atoms with Gasteiger partial charge in [-0.15, -0.1) is 0 Å². The molecule has 0 saturated heterocycles. The third kappa shape index (κ3) is 3.06. The number of pyridine rings is 1. The van der Waals surface area contributed by atoms with E-state index in [-0.39, 0.29) is 11.8 Å². The largest absolute Gasteiger partial charge is 0.340 e. The van der Waals surface area contributed by atoms with Crippen molar-refractivity contribution in [3.63, 3.8) is 0 Å². The number of carbonyl (C=O) groups excluding carboxylic acids is 1. The van der Waals surface area contributed by atoms with E-state index in [0.717, 1.165) is 0 Å². The van der Waals surface area contributed by atoms with Crippen LogP contribution < -0.4 is 0 Å². The van der Waals surface area contributed by atoms with Crippen LogP contribution in [0.2, 0.25) is 0 Å². The predicted molar refractivity (Wildman–Crippen MR) is 56.0 cm³/mol. The third-order valence-corrected chi connectivity index (χ3v) is 2.02. The van der Waals surface area contributed by atoms with Gasteiger partial charge in [0.15, 0.2) is 0 Å². The predicted octanol–water partition coefficient (Wildman–Crippen LogP) is 1.31. The maximum absolute atomic E-state index is 11.8. The zero-order chi connectivity index (χ0) is 11.3. The van der Waals surface area contributed by atoms with Gasteiger partial charge in [-0.25, -0.2) is 0 Å². The topological polar surface area (TPSA) is 57.0 Å². The molecule has 0 bridgehead atoms. The van der Waals surface area contributed by atoms with Crippen molar-refractivity contribution in [3.05, 3.63) is 30.1 Å². The Bertz CT molecular complexity index is 369. The van der Waals surface area contributed by atoms with Gasteiger partial charge in [-0.2, -0.15) is 5.26 Å².